The Morgan fingerprint density at radius 3 is 2.75 bits per heavy atom. The lowest BCUT2D eigenvalue weighted by Crippen LogP contribution is -2.35. The zero-order valence-electron chi connectivity index (χ0n) is 11.9. The molecule has 0 unspecified atom stereocenters. The highest BCUT2D eigenvalue weighted by Gasteiger charge is 2.16. The van der Waals surface area contributed by atoms with Crippen molar-refractivity contribution in [3.63, 3.8) is 0 Å². The van der Waals surface area contributed by atoms with Gasteiger partial charge in [-0.1, -0.05) is 6.07 Å². The van der Waals surface area contributed by atoms with Crippen LogP contribution < -0.4 is 0 Å². The number of amides is 1. The lowest BCUT2D eigenvalue weighted by molar-refractivity contribution is -0.144. The number of methoxy groups -OCH3 is 1. The molecule has 1 amide bonds. The Labute approximate surface area is 118 Å². The Morgan fingerprint density at radius 2 is 2.15 bits per heavy atom. The Kier molecular flexibility index (Phi) is 7.27. The van der Waals surface area contributed by atoms with E-state index in [1.165, 1.54) is 7.11 Å². The summed E-state index contributed by atoms with van der Waals surface area (Å²) in [6.07, 6.45) is 1.83. The van der Waals surface area contributed by atoms with Gasteiger partial charge in [0.1, 0.15) is 6.61 Å². The van der Waals surface area contributed by atoms with Gasteiger partial charge in [0.2, 0.25) is 5.91 Å². The Morgan fingerprint density at radius 1 is 1.35 bits per heavy atom. The second kappa shape index (κ2) is 9.03. The summed E-state index contributed by atoms with van der Waals surface area (Å²) < 4.78 is 9.71. The molecule has 0 N–H and O–H groups in total. The molecular weight excluding hydrogens is 260 g/mol. The van der Waals surface area contributed by atoms with E-state index in [2.05, 4.69) is 4.98 Å². The molecule has 1 aromatic rings. The smallest absolute Gasteiger partial charge is 0.307 e. The first kappa shape index (κ1) is 16.1. The fourth-order valence-corrected chi connectivity index (χ4v) is 1.65. The number of pyridine rings is 1. The van der Waals surface area contributed by atoms with Gasteiger partial charge in [-0.3, -0.25) is 14.6 Å². The molecule has 1 rings (SSSR count). The van der Waals surface area contributed by atoms with E-state index in [0.717, 1.165) is 5.69 Å². The van der Waals surface area contributed by atoms with Crippen LogP contribution in [0.3, 0.4) is 0 Å². The lowest BCUT2D eigenvalue weighted by Gasteiger charge is -2.21. The highest BCUT2D eigenvalue weighted by atomic mass is 16.5. The predicted molar refractivity (Wildman–Crippen MR) is 72.8 cm³/mol. The van der Waals surface area contributed by atoms with Gasteiger partial charge in [-0.2, -0.15) is 0 Å². The number of nitrogens with zero attached hydrogens (tertiary/aromatic N) is 2. The first-order valence-corrected chi connectivity index (χ1v) is 6.49. The zero-order valence-corrected chi connectivity index (χ0v) is 11.9. The molecule has 0 saturated heterocycles. The quantitative estimate of drug-likeness (QED) is 0.665. The molecule has 0 aliphatic carbocycles. The fourth-order valence-electron chi connectivity index (χ4n) is 1.65. The Hall–Kier alpha value is -1.95. The van der Waals surface area contributed by atoms with Crippen molar-refractivity contribution in [3.05, 3.63) is 30.1 Å². The van der Waals surface area contributed by atoms with Crippen molar-refractivity contribution in [2.75, 3.05) is 26.9 Å². The average Bonchev–Trinajstić information content (AvgIpc) is 2.45. The molecule has 0 aliphatic heterocycles. The highest BCUT2D eigenvalue weighted by Crippen LogP contribution is 2.04. The van der Waals surface area contributed by atoms with Gasteiger partial charge in [0.25, 0.3) is 0 Å². The van der Waals surface area contributed by atoms with Gasteiger partial charge in [0.15, 0.2) is 0 Å². The monoisotopic (exact) mass is 280 g/mol. The summed E-state index contributed by atoms with van der Waals surface area (Å²) in [7, 11) is 1.46. The molecule has 1 heterocycles. The third-order valence-corrected chi connectivity index (χ3v) is 2.59. The number of esters is 1. The molecule has 1 aromatic heterocycles. The number of hydrogen-bond donors (Lipinski definition) is 0. The normalized spacial score (nSPS) is 10.1. The van der Waals surface area contributed by atoms with Crippen LogP contribution in [-0.4, -0.2) is 48.6 Å². The van der Waals surface area contributed by atoms with E-state index in [1.54, 1.807) is 18.0 Å². The van der Waals surface area contributed by atoms with Crippen LogP contribution in [0.2, 0.25) is 0 Å². The maximum absolute atomic E-state index is 11.9. The Bertz CT molecular complexity index is 422. The minimum atomic E-state index is -0.316. The summed E-state index contributed by atoms with van der Waals surface area (Å²) in [5.74, 6) is -0.494. The molecule has 0 fully saturated rings. The average molecular weight is 280 g/mol. The van der Waals surface area contributed by atoms with Gasteiger partial charge in [-0.25, -0.2) is 0 Å². The first-order valence-electron chi connectivity index (χ1n) is 6.49. The van der Waals surface area contributed by atoms with Gasteiger partial charge in [0, 0.05) is 19.9 Å². The van der Waals surface area contributed by atoms with E-state index < -0.39 is 0 Å². The molecule has 20 heavy (non-hydrogen) atoms. The number of hydrogen-bond acceptors (Lipinski definition) is 5. The molecule has 0 bridgehead atoms. The number of rotatable bonds is 8. The summed E-state index contributed by atoms with van der Waals surface area (Å²) in [5.41, 5.74) is 0.765. The van der Waals surface area contributed by atoms with Crippen LogP contribution in [0, 0.1) is 0 Å². The van der Waals surface area contributed by atoms with Crippen LogP contribution in [0.25, 0.3) is 0 Å². The minimum Gasteiger partial charge on any atom is -0.466 e. The third kappa shape index (κ3) is 5.79. The highest BCUT2D eigenvalue weighted by molar-refractivity contribution is 5.78. The van der Waals surface area contributed by atoms with Crippen molar-refractivity contribution in [2.24, 2.45) is 0 Å². The molecule has 0 spiro atoms. The maximum Gasteiger partial charge on any atom is 0.307 e. The van der Waals surface area contributed by atoms with Crippen molar-refractivity contribution >= 4 is 11.9 Å². The standard InChI is InChI=1S/C14H20N2O4/c1-3-20-14(18)7-9-16(13(17)11-19-2)10-12-6-4-5-8-15-12/h4-6,8H,3,7,9-11H2,1-2H3. The summed E-state index contributed by atoms with van der Waals surface area (Å²) in [6, 6.07) is 5.49. The van der Waals surface area contributed by atoms with Crippen LogP contribution in [0.4, 0.5) is 0 Å². The minimum absolute atomic E-state index is 0.0182. The maximum atomic E-state index is 11.9. The van der Waals surface area contributed by atoms with Crippen molar-refractivity contribution in [1.82, 2.24) is 9.88 Å². The molecule has 0 atom stereocenters. The second-order valence-corrected chi connectivity index (χ2v) is 4.12. The SMILES string of the molecule is CCOC(=O)CCN(Cc1ccccn1)C(=O)COC. The van der Waals surface area contributed by atoms with E-state index in [1.807, 2.05) is 18.2 Å². The first-order chi connectivity index (χ1) is 9.67. The van der Waals surface area contributed by atoms with Gasteiger partial charge in [0.05, 0.1) is 25.3 Å². The summed E-state index contributed by atoms with van der Waals surface area (Å²) >= 11 is 0. The summed E-state index contributed by atoms with van der Waals surface area (Å²) in [5, 5.41) is 0. The molecule has 110 valence electrons. The van der Waals surface area contributed by atoms with Crippen molar-refractivity contribution < 1.29 is 19.1 Å². The van der Waals surface area contributed by atoms with Gasteiger partial charge >= 0.3 is 5.97 Å². The van der Waals surface area contributed by atoms with E-state index in [4.69, 9.17) is 9.47 Å². The number of aromatic nitrogens is 1. The summed E-state index contributed by atoms with van der Waals surface area (Å²) in [6.45, 7) is 2.71. The number of carbonyl (C=O) groups is 2. The molecule has 0 radical (unpaired) electrons. The molecule has 6 heteroatoms. The summed E-state index contributed by atoms with van der Waals surface area (Å²) in [4.78, 5) is 29.0. The molecule has 6 nitrogen and oxygen atoms in total. The van der Waals surface area contributed by atoms with Crippen LogP contribution in [0.5, 0.6) is 0 Å². The van der Waals surface area contributed by atoms with Gasteiger partial charge in [-0.05, 0) is 19.1 Å². The largest absolute Gasteiger partial charge is 0.466 e. The van der Waals surface area contributed by atoms with Crippen molar-refractivity contribution in [1.29, 1.82) is 0 Å². The van der Waals surface area contributed by atoms with Gasteiger partial charge < -0.3 is 14.4 Å². The number of ether oxygens (including phenoxy) is 2. The predicted octanol–water partition coefficient (Wildman–Crippen LogP) is 1.01. The molecular formula is C14H20N2O4. The van der Waals surface area contributed by atoms with E-state index >= 15 is 0 Å². The molecule has 0 aromatic carbocycles. The van der Waals surface area contributed by atoms with Crippen LogP contribution >= 0.6 is 0 Å². The van der Waals surface area contributed by atoms with Gasteiger partial charge in [-0.15, -0.1) is 0 Å². The topological polar surface area (TPSA) is 68.7 Å². The van der Waals surface area contributed by atoms with Crippen LogP contribution in [0.1, 0.15) is 19.0 Å². The second-order valence-electron chi connectivity index (χ2n) is 4.12. The lowest BCUT2D eigenvalue weighted by atomic mass is 10.3. The van der Waals surface area contributed by atoms with E-state index in [-0.39, 0.29) is 31.4 Å². The zero-order chi connectivity index (χ0) is 14.8. The van der Waals surface area contributed by atoms with E-state index in [0.29, 0.717) is 13.2 Å². The molecule has 0 aliphatic rings. The fraction of sp³-hybridized carbons (Fsp3) is 0.500. The number of carbonyl (C=O) groups excluding carboxylic acids is 2. The van der Waals surface area contributed by atoms with E-state index in [9.17, 15) is 9.59 Å². The Balaban J connectivity index is 2.60. The molecule has 0 saturated carbocycles. The van der Waals surface area contributed by atoms with Crippen molar-refractivity contribution in [3.8, 4) is 0 Å². The van der Waals surface area contributed by atoms with Crippen LogP contribution in [-0.2, 0) is 25.6 Å². The van der Waals surface area contributed by atoms with Crippen LogP contribution in [0.15, 0.2) is 24.4 Å². The third-order valence-electron chi connectivity index (χ3n) is 2.59. The van der Waals surface area contributed by atoms with Crippen molar-refractivity contribution in [2.45, 2.75) is 19.9 Å².